The molecule has 0 amide bonds. The van der Waals surface area contributed by atoms with Crippen molar-refractivity contribution in [1.82, 2.24) is 19.6 Å². The summed E-state index contributed by atoms with van der Waals surface area (Å²) < 4.78 is 3.06. The van der Waals surface area contributed by atoms with Crippen molar-refractivity contribution in [3.05, 3.63) is 81.4 Å². The highest BCUT2D eigenvalue weighted by atomic mass is 35.5. The molecule has 124 valence electrons. The topological polar surface area (TPSA) is 52.7 Å². The first-order valence-corrected chi connectivity index (χ1v) is 8.23. The Hall–Kier alpha value is -2.92. The zero-order valence-corrected chi connectivity index (χ0v) is 14.5. The molecule has 2 aromatic carbocycles. The summed E-state index contributed by atoms with van der Waals surface area (Å²) in [6, 6.07) is 14.9. The zero-order valence-electron chi connectivity index (χ0n) is 13.8. The smallest absolute Gasteiger partial charge is 0.265 e. The van der Waals surface area contributed by atoms with Gasteiger partial charge >= 0.3 is 0 Å². The minimum absolute atomic E-state index is 0.215. The first-order valence-electron chi connectivity index (χ1n) is 7.86. The molecule has 2 heterocycles. The van der Waals surface area contributed by atoms with E-state index in [9.17, 15) is 4.79 Å². The zero-order chi connectivity index (χ0) is 17.6. The Balaban J connectivity index is 2.07. The van der Waals surface area contributed by atoms with E-state index in [4.69, 9.17) is 11.6 Å². The van der Waals surface area contributed by atoms with Crippen molar-refractivity contribution in [3.8, 4) is 11.4 Å². The highest BCUT2D eigenvalue weighted by Crippen LogP contribution is 2.21. The van der Waals surface area contributed by atoms with Gasteiger partial charge in [0, 0.05) is 10.4 Å². The van der Waals surface area contributed by atoms with E-state index < -0.39 is 0 Å². The Bertz CT molecular complexity index is 1160. The van der Waals surface area contributed by atoms with Crippen LogP contribution < -0.4 is 5.56 Å². The Morgan fingerprint density at radius 3 is 2.56 bits per heavy atom. The third-order valence-electron chi connectivity index (χ3n) is 4.20. The van der Waals surface area contributed by atoms with Crippen molar-refractivity contribution in [2.24, 2.45) is 0 Å². The van der Waals surface area contributed by atoms with Crippen molar-refractivity contribution in [1.29, 1.82) is 0 Å². The number of aromatic nitrogens is 4. The lowest BCUT2D eigenvalue weighted by atomic mass is 10.2. The van der Waals surface area contributed by atoms with E-state index in [1.54, 1.807) is 23.0 Å². The number of hydrogen-bond acceptors (Lipinski definition) is 3. The summed E-state index contributed by atoms with van der Waals surface area (Å²) in [7, 11) is 0. The Kier molecular flexibility index (Phi) is 3.66. The third-order valence-corrected chi connectivity index (χ3v) is 4.44. The third kappa shape index (κ3) is 2.53. The average molecular weight is 351 g/mol. The predicted octanol–water partition coefficient (Wildman–Crippen LogP) is 3.84. The molecule has 0 radical (unpaired) electrons. The molecule has 25 heavy (non-hydrogen) atoms. The van der Waals surface area contributed by atoms with Gasteiger partial charge < -0.3 is 0 Å². The number of hydrogen-bond donors (Lipinski definition) is 0. The minimum atomic E-state index is -0.215. The predicted molar refractivity (Wildman–Crippen MR) is 98.9 cm³/mol. The fourth-order valence-electron chi connectivity index (χ4n) is 2.94. The lowest BCUT2D eigenvalue weighted by Gasteiger charge is -2.10. The molecule has 6 heteroatoms. The number of para-hydroxylation sites is 1. The van der Waals surface area contributed by atoms with E-state index >= 15 is 0 Å². The molecule has 0 spiro atoms. The van der Waals surface area contributed by atoms with Crippen LogP contribution in [-0.2, 0) is 0 Å². The van der Waals surface area contributed by atoms with Crippen LogP contribution >= 0.6 is 11.6 Å². The molecule has 0 saturated carbocycles. The fourth-order valence-corrected chi connectivity index (χ4v) is 3.12. The van der Waals surface area contributed by atoms with Gasteiger partial charge in [-0.2, -0.15) is 14.9 Å². The summed E-state index contributed by atoms with van der Waals surface area (Å²) in [5, 5.41) is 10.2. The molecule has 0 fully saturated rings. The Morgan fingerprint density at radius 1 is 1.00 bits per heavy atom. The van der Waals surface area contributed by atoms with E-state index in [2.05, 4.69) is 10.2 Å². The molecule has 0 aliphatic rings. The average Bonchev–Trinajstić information content (AvgIpc) is 3.05. The summed E-state index contributed by atoms with van der Waals surface area (Å²) in [5.74, 6) is 0. The van der Waals surface area contributed by atoms with Crippen molar-refractivity contribution in [2.45, 2.75) is 13.8 Å². The normalized spacial score (nSPS) is 11.2. The van der Waals surface area contributed by atoms with Gasteiger partial charge in [-0.3, -0.25) is 4.79 Å². The largest absolute Gasteiger partial charge is 0.298 e. The highest BCUT2D eigenvalue weighted by Gasteiger charge is 2.16. The second-order valence-corrected chi connectivity index (χ2v) is 6.32. The number of nitrogens with zero attached hydrogens (tertiary/aromatic N) is 4. The molecule has 0 unspecified atom stereocenters. The number of aryl methyl sites for hydroxylation is 2. The van der Waals surface area contributed by atoms with Gasteiger partial charge in [0.2, 0.25) is 0 Å². The van der Waals surface area contributed by atoms with Crippen LogP contribution in [0.5, 0.6) is 0 Å². The number of fused-ring (bicyclic) bond motifs is 1. The quantitative estimate of drug-likeness (QED) is 0.552. The highest BCUT2D eigenvalue weighted by molar-refractivity contribution is 6.30. The molecule has 5 nitrogen and oxygen atoms in total. The first kappa shape index (κ1) is 15.6. The molecule has 0 aliphatic carbocycles. The maximum absolute atomic E-state index is 13.2. The Labute approximate surface area is 149 Å². The van der Waals surface area contributed by atoms with E-state index in [0.29, 0.717) is 10.5 Å². The monoisotopic (exact) mass is 350 g/mol. The fraction of sp³-hybridized carbons (Fsp3) is 0.105. The number of rotatable bonds is 2. The van der Waals surface area contributed by atoms with E-state index in [1.807, 2.05) is 50.2 Å². The second kappa shape index (κ2) is 5.86. The van der Waals surface area contributed by atoms with Gasteiger partial charge in [0.05, 0.1) is 23.3 Å². The molecular weight excluding hydrogens is 336 g/mol. The summed E-state index contributed by atoms with van der Waals surface area (Å²) in [4.78, 5) is 13.2. The van der Waals surface area contributed by atoms with Gasteiger partial charge in [-0.05, 0) is 43.7 Å². The molecule has 4 aromatic rings. The van der Waals surface area contributed by atoms with Gasteiger partial charge in [-0.1, -0.05) is 35.9 Å². The maximum atomic E-state index is 13.2. The molecule has 2 aromatic heterocycles. The van der Waals surface area contributed by atoms with E-state index in [0.717, 1.165) is 28.0 Å². The van der Waals surface area contributed by atoms with Gasteiger partial charge in [-0.15, -0.1) is 0 Å². The minimum Gasteiger partial charge on any atom is -0.265 e. The van der Waals surface area contributed by atoms with Crippen molar-refractivity contribution >= 4 is 22.5 Å². The summed E-state index contributed by atoms with van der Waals surface area (Å²) in [5.41, 5.74) is 3.49. The van der Waals surface area contributed by atoms with Crippen LogP contribution in [0, 0.1) is 13.8 Å². The van der Waals surface area contributed by atoms with Gasteiger partial charge in [0.1, 0.15) is 5.52 Å². The van der Waals surface area contributed by atoms with E-state index in [1.165, 1.54) is 4.68 Å². The molecule has 0 saturated heterocycles. The van der Waals surface area contributed by atoms with Crippen LogP contribution in [0.3, 0.4) is 0 Å². The van der Waals surface area contributed by atoms with Crippen molar-refractivity contribution in [2.75, 3.05) is 0 Å². The second-order valence-electron chi connectivity index (χ2n) is 5.89. The summed E-state index contributed by atoms with van der Waals surface area (Å²) in [6.45, 7) is 3.83. The number of halogens is 1. The maximum Gasteiger partial charge on any atom is 0.298 e. The molecule has 0 bridgehead atoms. The van der Waals surface area contributed by atoms with Crippen LogP contribution in [-0.4, -0.2) is 19.6 Å². The van der Waals surface area contributed by atoms with Crippen LogP contribution in [0.15, 0.2) is 59.5 Å². The van der Waals surface area contributed by atoms with Gasteiger partial charge in [0.25, 0.3) is 5.56 Å². The molecule has 0 atom stereocenters. The van der Waals surface area contributed by atoms with Crippen LogP contribution in [0.4, 0.5) is 0 Å². The molecular formula is C19H15ClN4O. The first-order chi connectivity index (χ1) is 12.1. The molecule has 0 N–H and O–H groups in total. The SMILES string of the molecule is Cc1ccccc1-n1nc(C)c2cnn(-c3cccc(Cl)c3)c2c1=O. The van der Waals surface area contributed by atoms with Gasteiger partial charge in [0.15, 0.2) is 0 Å². The lowest BCUT2D eigenvalue weighted by molar-refractivity contribution is 0.786. The standard InChI is InChI=1S/C19H15ClN4O/c1-12-6-3-4-9-17(12)24-19(25)18-16(13(2)22-24)11-21-23(18)15-8-5-7-14(20)10-15/h3-11H,1-2H3. The van der Waals surface area contributed by atoms with Crippen LogP contribution in [0.1, 0.15) is 11.3 Å². The summed E-state index contributed by atoms with van der Waals surface area (Å²) >= 11 is 6.10. The Morgan fingerprint density at radius 2 is 1.80 bits per heavy atom. The number of benzene rings is 2. The van der Waals surface area contributed by atoms with Crippen molar-refractivity contribution in [3.63, 3.8) is 0 Å². The van der Waals surface area contributed by atoms with E-state index in [-0.39, 0.29) is 5.56 Å². The molecule has 0 aliphatic heterocycles. The molecule has 4 rings (SSSR count). The van der Waals surface area contributed by atoms with Crippen LogP contribution in [0.2, 0.25) is 5.02 Å². The summed E-state index contributed by atoms with van der Waals surface area (Å²) in [6.07, 6.45) is 1.67. The van der Waals surface area contributed by atoms with Crippen molar-refractivity contribution < 1.29 is 0 Å². The van der Waals surface area contributed by atoms with Gasteiger partial charge in [-0.25, -0.2) is 4.68 Å². The lowest BCUT2D eigenvalue weighted by Crippen LogP contribution is -2.24. The van der Waals surface area contributed by atoms with Crippen LogP contribution in [0.25, 0.3) is 22.3 Å².